The lowest BCUT2D eigenvalue weighted by Crippen LogP contribution is -2.45. The van der Waals surface area contributed by atoms with Crippen molar-refractivity contribution < 1.29 is 14.7 Å². The maximum absolute atomic E-state index is 12.4. The van der Waals surface area contributed by atoms with Gasteiger partial charge in [0.05, 0.1) is 0 Å². The number of hydrogen-bond donors (Lipinski definition) is 1. The molecular formula is C14H16O3. The molecule has 0 atom stereocenters. The fraction of sp³-hybridized carbons (Fsp3) is 0.429. The summed E-state index contributed by atoms with van der Waals surface area (Å²) >= 11 is 0. The third-order valence-electron chi connectivity index (χ3n) is 3.69. The minimum absolute atomic E-state index is 0.225. The SMILES string of the molecule is Cc1ccc(C)c(C(=O)C2(C(=O)O)CCC2)c1. The highest BCUT2D eigenvalue weighted by Crippen LogP contribution is 2.44. The number of carbonyl (C=O) groups is 2. The molecule has 0 bridgehead atoms. The summed E-state index contributed by atoms with van der Waals surface area (Å²) in [6.45, 7) is 3.76. The zero-order chi connectivity index (χ0) is 12.6. The van der Waals surface area contributed by atoms with Crippen molar-refractivity contribution in [3.8, 4) is 0 Å². The quantitative estimate of drug-likeness (QED) is 0.644. The first kappa shape index (κ1) is 11.8. The molecule has 1 aliphatic rings. The van der Waals surface area contributed by atoms with Gasteiger partial charge in [0, 0.05) is 5.56 Å². The van der Waals surface area contributed by atoms with Crippen molar-refractivity contribution in [1.29, 1.82) is 0 Å². The molecule has 2 rings (SSSR count). The van der Waals surface area contributed by atoms with Crippen molar-refractivity contribution in [3.63, 3.8) is 0 Å². The van der Waals surface area contributed by atoms with E-state index >= 15 is 0 Å². The highest BCUT2D eigenvalue weighted by atomic mass is 16.4. The van der Waals surface area contributed by atoms with Gasteiger partial charge in [-0.2, -0.15) is 0 Å². The van der Waals surface area contributed by atoms with Crippen molar-refractivity contribution in [2.75, 3.05) is 0 Å². The van der Waals surface area contributed by atoms with Crippen molar-refractivity contribution in [2.45, 2.75) is 33.1 Å². The summed E-state index contributed by atoms with van der Waals surface area (Å²) in [6.07, 6.45) is 1.76. The predicted octanol–water partition coefficient (Wildman–Crippen LogP) is 2.74. The first-order chi connectivity index (χ1) is 7.97. The number of rotatable bonds is 3. The van der Waals surface area contributed by atoms with Gasteiger partial charge in [-0.1, -0.05) is 24.1 Å². The Morgan fingerprint density at radius 1 is 1.24 bits per heavy atom. The average Bonchev–Trinajstić information content (AvgIpc) is 2.19. The summed E-state index contributed by atoms with van der Waals surface area (Å²) in [7, 11) is 0. The Balaban J connectivity index is 2.43. The second-order valence-corrected chi connectivity index (χ2v) is 4.89. The Morgan fingerprint density at radius 3 is 2.35 bits per heavy atom. The molecule has 0 amide bonds. The van der Waals surface area contributed by atoms with Crippen LogP contribution < -0.4 is 0 Å². The first-order valence-electron chi connectivity index (χ1n) is 5.83. The Bertz CT molecular complexity index is 484. The van der Waals surface area contributed by atoms with Crippen LogP contribution >= 0.6 is 0 Å². The second-order valence-electron chi connectivity index (χ2n) is 4.89. The topological polar surface area (TPSA) is 54.4 Å². The molecular weight excluding hydrogens is 216 g/mol. The molecule has 3 heteroatoms. The maximum atomic E-state index is 12.4. The fourth-order valence-electron chi connectivity index (χ4n) is 2.31. The maximum Gasteiger partial charge on any atom is 0.317 e. The van der Waals surface area contributed by atoms with Crippen molar-refractivity contribution in [2.24, 2.45) is 5.41 Å². The van der Waals surface area contributed by atoms with Crippen LogP contribution in [0.15, 0.2) is 18.2 Å². The van der Waals surface area contributed by atoms with E-state index in [9.17, 15) is 14.7 Å². The summed E-state index contributed by atoms with van der Waals surface area (Å²) in [4.78, 5) is 23.7. The van der Waals surface area contributed by atoms with E-state index in [1.54, 1.807) is 6.07 Å². The van der Waals surface area contributed by atoms with Gasteiger partial charge in [-0.15, -0.1) is 0 Å². The lowest BCUT2D eigenvalue weighted by Gasteiger charge is -2.36. The van der Waals surface area contributed by atoms with E-state index in [1.807, 2.05) is 26.0 Å². The van der Waals surface area contributed by atoms with Gasteiger partial charge in [0.1, 0.15) is 5.41 Å². The standard InChI is InChI=1S/C14H16O3/c1-9-4-5-10(2)11(8-9)12(15)14(13(16)17)6-3-7-14/h4-5,8H,3,6-7H2,1-2H3,(H,16,17). The number of carboxylic acids is 1. The number of carboxylic acid groups (broad SMARTS) is 1. The van der Waals surface area contributed by atoms with Crippen LogP contribution in [0.1, 0.15) is 40.7 Å². The van der Waals surface area contributed by atoms with Gasteiger partial charge in [0.15, 0.2) is 5.78 Å². The van der Waals surface area contributed by atoms with Crippen LogP contribution in [0.25, 0.3) is 0 Å². The molecule has 0 spiro atoms. The molecule has 0 aliphatic heterocycles. The van der Waals surface area contributed by atoms with E-state index in [4.69, 9.17) is 0 Å². The molecule has 1 fully saturated rings. The molecule has 1 N–H and O–H groups in total. The molecule has 0 unspecified atom stereocenters. The molecule has 1 aliphatic carbocycles. The number of aryl methyl sites for hydroxylation is 2. The number of ketones is 1. The molecule has 1 aromatic carbocycles. The zero-order valence-electron chi connectivity index (χ0n) is 10.1. The normalized spacial score (nSPS) is 17.3. The average molecular weight is 232 g/mol. The van der Waals surface area contributed by atoms with Crippen LogP contribution in [0.5, 0.6) is 0 Å². The fourth-order valence-corrected chi connectivity index (χ4v) is 2.31. The summed E-state index contributed by atoms with van der Waals surface area (Å²) in [5.41, 5.74) is 1.25. The van der Waals surface area contributed by atoms with Gasteiger partial charge >= 0.3 is 5.97 Å². The Hall–Kier alpha value is -1.64. The highest BCUT2D eigenvalue weighted by molar-refractivity contribution is 6.13. The predicted molar refractivity (Wildman–Crippen MR) is 64.2 cm³/mol. The van der Waals surface area contributed by atoms with Crippen LogP contribution in [0, 0.1) is 19.3 Å². The van der Waals surface area contributed by atoms with Crippen LogP contribution in [-0.4, -0.2) is 16.9 Å². The molecule has 17 heavy (non-hydrogen) atoms. The van der Waals surface area contributed by atoms with Crippen LogP contribution in [-0.2, 0) is 4.79 Å². The molecule has 1 aromatic rings. The van der Waals surface area contributed by atoms with Gasteiger partial charge in [-0.25, -0.2) is 0 Å². The molecule has 0 aromatic heterocycles. The Kier molecular flexibility index (Phi) is 2.77. The van der Waals surface area contributed by atoms with Gasteiger partial charge in [-0.3, -0.25) is 9.59 Å². The van der Waals surface area contributed by atoms with Gasteiger partial charge < -0.3 is 5.11 Å². The smallest absolute Gasteiger partial charge is 0.317 e. The number of hydrogen-bond acceptors (Lipinski definition) is 2. The molecule has 0 heterocycles. The van der Waals surface area contributed by atoms with Crippen molar-refractivity contribution in [3.05, 3.63) is 34.9 Å². The number of carbonyl (C=O) groups excluding carboxylic acids is 1. The van der Waals surface area contributed by atoms with Crippen molar-refractivity contribution in [1.82, 2.24) is 0 Å². The van der Waals surface area contributed by atoms with Gasteiger partial charge in [0.2, 0.25) is 0 Å². The minimum atomic E-state index is -1.15. The molecule has 1 saturated carbocycles. The number of Topliss-reactive ketones (excluding diaryl/α,β-unsaturated/α-hetero) is 1. The van der Waals surface area contributed by atoms with E-state index < -0.39 is 11.4 Å². The number of benzene rings is 1. The third-order valence-corrected chi connectivity index (χ3v) is 3.69. The lowest BCUT2D eigenvalue weighted by atomic mass is 9.64. The first-order valence-corrected chi connectivity index (χ1v) is 5.83. The minimum Gasteiger partial charge on any atom is -0.480 e. The molecule has 0 saturated heterocycles. The van der Waals surface area contributed by atoms with E-state index in [0.717, 1.165) is 17.5 Å². The summed E-state index contributed by atoms with van der Waals surface area (Å²) in [5.74, 6) is -1.20. The second kappa shape index (κ2) is 3.99. The molecule has 90 valence electrons. The van der Waals surface area contributed by atoms with Gasteiger partial charge in [-0.05, 0) is 38.3 Å². The van der Waals surface area contributed by atoms with E-state index in [-0.39, 0.29) is 5.78 Å². The van der Waals surface area contributed by atoms with E-state index in [2.05, 4.69) is 0 Å². The summed E-state index contributed by atoms with van der Waals surface area (Å²) in [6, 6.07) is 5.60. The van der Waals surface area contributed by atoms with Crippen molar-refractivity contribution >= 4 is 11.8 Å². The molecule has 3 nitrogen and oxygen atoms in total. The largest absolute Gasteiger partial charge is 0.480 e. The molecule has 0 radical (unpaired) electrons. The third kappa shape index (κ3) is 1.75. The van der Waals surface area contributed by atoms with Crippen LogP contribution in [0.4, 0.5) is 0 Å². The lowest BCUT2D eigenvalue weighted by molar-refractivity contribution is -0.150. The monoisotopic (exact) mass is 232 g/mol. The summed E-state index contributed by atoms with van der Waals surface area (Å²) < 4.78 is 0. The zero-order valence-corrected chi connectivity index (χ0v) is 10.1. The van der Waals surface area contributed by atoms with E-state index in [0.29, 0.717) is 18.4 Å². The summed E-state index contributed by atoms with van der Waals surface area (Å²) in [5, 5.41) is 9.25. The number of aliphatic carboxylic acids is 1. The Morgan fingerprint density at radius 2 is 1.88 bits per heavy atom. The Labute approximate surface area is 100 Å². The highest BCUT2D eigenvalue weighted by Gasteiger charge is 2.51. The van der Waals surface area contributed by atoms with E-state index in [1.165, 1.54) is 0 Å². The van der Waals surface area contributed by atoms with Gasteiger partial charge in [0.25, 0.3) is 0 Å². The van der Waals surface area contributed by atoms with Crippen LogP contribution in [0.3, 0.4) is 0 Å². The van der Waals surface area contributed by atoms with Crippen LogP contribution in [0.2, 0.25) is 0 Å².